The Morgan fingerprint density at radius 3 is 2.68 bits per heavy atom. The summed E-state index contributed by atoms with van der Waals surface area (Å²) in [6.45, 7) is 6.04. The minimum absolute atomic E-state index is 0.0268. The van der Waals surface area contributed by atoms with Crippen LogP contribution in [0.1, 0.15) is 35.6 Å². The van der Waals surface area contributed by atoms with Crippen LogP contribution < -0.4 is 5.32 Å². The summed E-state index contributed by atoms with van der Waals surface area (Å²) in [4.78, 5) is 22.5. The molecule has 7 rings (SSSR count). The molecule has 3 aliphatic heterocycles. The van der Waals surface area contributed by atoms with Gasteiger partial charge in [0.25, 0.3) is 0 Å². The maximum Gasteiger partial charge on any atom is 0.322 e. The number of pyridine rings is 1. The van der Waals surface area contributed by atoms with Crippen LogP contribution in [0.2, 0.25) is 0 Å². The van der Waals surface area contributed by atoms with Gasteiger partial charge in [0.2, 0.25) is 0 Å². The molecule has 8 nitrogen and oxygen atoms in total. The van der Waals surface area contributed by atoms with E-state index in [4.69, 9.17) is 4.74 Å². The maximum atomic E-state index is 13.5. The van der Waals surface area contributed by atoms with Gasteiger partial charge >= 0.3 is 6.03 Å². The van der Waals surface area contributed by atoms with Crippen LogP contribution in [0.15, 0.2) is 60.8 Å². The van der Waals surface area contributed by atoms with E-state index in [-0.39, 0.29) is 18.0 Å². The molecular formula is C30H32N6O2. The van der Waals surface area contributed by atoms with E-state index in [1.165, 1.54) is 5.56 Å². The highest BCUT2D eigenvalue weighted by Crippen LogP contribution is 2.39. The number of aryl methyl sites for hydroxylation is 1. The van der Waals surface area contributed by atoms with E-state index in [1.807, 2.05) is 25.3 Å². The molecule has 0 spiro atoms. The van der Waals surface area contributed by atoms with E-state index in [0.717, 1.165) is 78.2 Å². The Balaban J connectivity index is 1.23. The number of H-pyrrole nitrogens is 1. The van der Waals surface area contributed by atoms with Crippen molar-refractivity contribution >= 4 is 22.6 Å². The third-order valence-corrected chi connectivity index (χ3v) is 8.45. The predicted molar refractivity (Wildman–Crippen MR) is 147 cm³/mol. The van der Waals surface area contributed by atoms with Crippen LogP contribution in [0.25, 0.3) is 22.2 Å². The third-order valence-electron chi connectivity index (χ3n) is 8.45. The van der Waals surface area contributed by atoms with Crippen LogP contribution >= 0.6 is 0 Å². The van der Waals surface area contributed by atoms with Crippen LogP contribution in [-0.2, 0) is 11.3 Å². The van der Waals surface area contributed by atoms with Crippen molar-refractivity contribution in [3.8, 4) is 11.3 Å². The first-order valence-corrected chi connectivity index (χ1v) is 13.5. The number of carbonyl (C=O) groups excluding carboxylic acids is 1. The zero-order valence-corrected chi connectivity index (χ0v) is 21.6. The SMILES string of the molecule is Cc1cc(-c2n[nH]c3cc4c(cc23)CN([C@@H]2CN(C3CCOCC3)C[C@H]2c2ccccc2)C(=O)N4)ccn1. The number of carbonyl (C=O) groups is 1. The third kappa shape index (κ3) is 4.14. The average Bonchev–Trinajstić information content (AvgIpc) is 3.57. The molecule has 2 amide bonds. The lowest BCUT2D eigenvalue weighted by Gasteiger charge is -2.37. The Labute approximate surface area is 222 Å². The lowest BCUT2D eigenvalue weighted by molar-refractivity contribution is 0.0400. The highest BCUT2D eigenvalue weighted by Gasteiger charge is 2.43. The van der Waals surface area contributed by atoms with Gasteiger partial charge in [-0.15, -0.1) is 0 Å². The van der Waals surface area contributed by atoms with Crippen LogP contribution in [0.5, 0.6) is 0 Å². The first kappa shape index (κ1) is 23.4. The van der Waals surface area contributed by atoms with Gasteiger partial charge in [-0.2, -0.15) is 5.10 Å². The van der Waals surface area contributed by atoms with Crippen molar-refractivity contribution in [2.45, 2.75) is 44.3 Å². The van der Waals surface area contributed by atoms with Crippen LogP contribution in [-0.4, -0.2) is 69.4 Å². The first-order valence-electron chi connectivity index (χ1n) is 13.5. The second kappa shape index (κ2) is 9.53. The Morgan fingerprint density at radius 2 is 1.87 bits per heavy atom. The molecule has 2 aromatic heterocycles. The summed E-state index contributed by atoms with van der Waals surface area (Å²) < 4.78 is 5.63. The first-order chi connectivity index (χ1) is 18.6. The fraction of sp³-hybridized carbons (Fsp3) is 0.367. The standard InChI is InChI=1S/C30H32N6O2/c1-19-13-21(7-10-31-19)29-24-14-22-16-36(30(37)32-26(22)15-27(24)33-34-29)28-18-35(23-8-11-38-12-9-23)17-25(28)20-5-3-2-4-6-20/h2-7,10,13-15,23,25,28H,8-9,11-12,16-18H2,1H3,(H,32,37)(H,33,34)/t25-,28+/m0/s1. The fourth-order valence-corrected chi connectivity index (χ4v) is 6.49. The molecule has 0 saturated carbocycles. The number of hydrogen-bond acceptors (Lipinski definition) is 5. The second-order valence-corrected chi connectivity index (χ2v) is 10.8. The molecule has 2 fully saturated rings. The maximum absolute atomic E-state index is 13.5. The topological polar surface area (TPSA) is 86.4 Å². The lowest BCUT2D eigenvalue weighted by Crippen LogP contribution is -2.49. The Bertz CT molecular complexity index is 1480. The molecule has 3 aliphatic rings. The van der Waals surface area contributed by atoms with Gasteiger partial charge in [-0.1, -0.05) is 30.3 Å². The van der Waals surface area contributed by atoms with Gasteiger partial charge in [0.05, 0.1) is 11.6 Å². The molecule has 0 bridgehead atoms. The average molecular weight is 509 g/mol. The number of benzene rings is 2. The van der Waals surface area contributed by atoms with E-state index >= 15 is 0 Å². The van der Waals surface area contributed by atoms with Gasteiger partial charge in [-0.05, 0) is 55.2 Å². The number of aromatic amines is 1. The summed E-state index contributed by atoms with van der Waals surface area (Å²) in [6, 6.07) is 19.5. The number of ether oxygens (including phenoxy) is 1. The Morgan fingerprint density at radius 1 is 1.03 bits per heavy atom. The van der Waals surface area contributed by atoms with Crippen molar-refractivity contribution in [1.82, 2.24) is 25.0 Å². The van der Waals surface area contributed by atoms with Crippen molar-refractivity contribution in [2.75, 3.05) is 31.6 Å². The molecular weight excluding hydrogens is 476 g/mol. The van der Waals surface area contributed by atoms with Gasteiger partial charge in [-0.3, -0.25) is 15.0 Å². The number of amides is 2. The summed E-state index contributed by atoms with van der Waals surface area (Å²) in [6.07, 6.45) is 3.93. The highest BCUT2D eigenvalue weighted by molar-refractivity contribution is 6.00. The van der Waals surface area contributed by atoms with Crippen molar-refractivity contribution < 1.29 is 9.53 Å². The number of anilines is 1. The number of nitrogens with zero attached hydrogens (tertiary/aromatic N) is 4. The summed E-state index contributed by atoms with van der Waals surface area (Å²) in [5.74, 6) is 0.263. The van der Waals surface area contributed by atoms with Gasteiger partial charge in [-0.25, -0.2) is 4.79 Å². The van der Waals surface area contributed by atoms with E-state index in [0.29, 0.717) is 12.6 Å². The molecule has 5 heterocycles. The smallest absolute Gasteiger partial charge is 0.322 e. The molecule has 38 heavy (non-hydrogen) atoms. The quantitative estimate of drug-likeness (QED) is 0.408. The van der Waals surface area contributed by atoms with Crippen molar-refractivity contribution in [1.29, 1.82) is 0 Å². The monoisotopic (exact) mass is 508 g/mol. The van der Waals surface area contributed by atoms with Gasteiger partial charge in [0, 0.05) is 73.3 Å². The van der Waals surface area contributed by atoms with E-state index in [9.17, 15) is 4.79 Å². The number of aromatic nitrogens is 3. The number of nitrogens with one attached hydrogen (secondary N) is 2. The molecule has 0 aliphatic carbocycles. The summed E-state index contributed by atoms with van der Waals surface area (Å²) in [7, 11) is 0. The molecule has 0 radical (unpaired) electrons. The predicted octanol–water partition coefficient (Wildman–Crippen LogP) is 4.93. The summed E-state index contributed by atoms with van der Waals surface area (Å²) >= 11 is 0. The van der Waals surface area contributed by atoms with Crippen LogP contribution in [0, 0.1) is 6.92 Å². The second-order valence-electron chi connectivity index (χ2n) is 10.8. The molecule has 194 valence electrons. The Hall–Kier alpha value is -3.75. The zero-order chi connectivity index (χ0) is 25.6. The largest absolute Gasteiger partial charge is 0.381 e. The summed E-state index contributed by atoms with van der Waals surface area (Å²) in [5, 5.41) is 12.0. The molecule has 2 N–H and O–H groups in total. The minimum Gasteiger partial charge on any atom is -0.381 e. The van der Waals surface area contributed by atoms with Gasteiger partial charge < -0.3 is 15.0 Å². The van der Waals surface area contributed by atoms with E-state index < -0.39 is 0 Å². The van der Waals surface area contributed by atoms with Crippen LogP contribution in [0.4, 0.5) is 10.5 Å². The van der Waals surface area contributed by atoms with E-state index in [1.54, 1.807) is 0 Å². The minimum atomic E-state index is -0.0268. The zero-order valence-electron chi connectivity index (χ0n) is 21.6. The number of fused-ring (bicyclic) bond motifs is 2. The van der Waals surface area contributed by atoms with E-state index in [2.05, 4.69) is 72.8 Å². The number of rotatable bonds is 4. The molecule has 8 heteroatoms. The summed E-state index contributed by atoms with van der Waals surface area (Å²) in [5.41, 5.74) is 7.08. The number of likely N-dealkylation sites (tertiary alicyclic amines) is 1. The highest BCUT2D eigenvalue weighted by atomic mass is 16.5. The molecule has 4 aromatic rings. The van der Waals surface area contributed by atoms with Crippen molar-refractivity contribution in [2.24, 2.45) is 0 Å². The normalized spacial score (nSPS) is 22.6. The number of hydrogen-bond donors (Lipinski definition) is 2. The molecule has 2 saturated heterocycles. The van der Waals surface area contributed by atoms with Crippen LogP contribution in [0.3, 0.4) is 0 Å². The van der Waals surface area contributed by atoms with Crippen molar-refractivity contribution in [3.63, 3.8) is 0 Å². The fourth-order valence-electron chi connectivity index (χ4n) is 6.49. The lowest BCUT2D eigenvalue weighted by atomic mass is 9.92. The Kier molecular flexibility index (Phi) is 5.86. The number of urea groups is 1. The molecule has 2 aromatic carbocycles. The molecule has 0 unspecified atom stereocenters. The van der Waals surface area contributed by atoms with Gasteiger partial charge in [0.15, 0.2) is 0 Å². The van der Waals surface area contributed by atoms with Gasteiger partial charge in [0.1, 0.15) is 5.69 Å². The molecule has 2 atom stereocenters. The van der Waals surface area contributed by atoms with Crippen molar-refractivity contribution in [3.05, 3.63) is 77.6 Å².